The van der Waals surface area contributed by atoms with Gasteiger partial charge in [0.15, 0.2) is 0 Å². The minimum absolute atomic E-state index is 0.0221. The van der Waals surface area contributed by atoms with Crippen LogP contribution in [-0.4, -0.2) is 30.8 Å². The van der Waals surface area contributed by atoms with Gasteiger partial charge in [0.2, 0.25) is 5.76 Å². The van der Waals surface area contributed by atoms with Gasteiger partial charge < -0.3 is 19.6 Å². The quantitative estimate of drug-likeness (QED) is 0.658. The smallest absolute Gasteiger partial charge is 0.371 e. The Morgan fingerprint density at radius 2 is 2.38 bits per heavy atom. The molecule has 0 spiro atoms. The van der Waals surface area contributed by atoms with E-state index in [1.54, 1.807) is 6.07 Å². The van der Waals surface area contributed by atoms with E-state index in [0.29, 0.717) is 12.3 Å². The molecule has 90 valence electrons. The highest BCUT2D eigenvalue weighted by Crippen LogP contribution is 2.07. The lowest BCUT2D eigenvalue weighted by atomic mass is 10.4. The highest BCUT2D eigenvalue weighted by atomic mass is 16.5. The molecule has 0 amide bonds. The summed E-state index contributed by atoms with van der Waals surface area (Å²) < 4.78 is 10.3. The van der Waals surface area contributed by atoms with Crippen LogP contribution in [0.15, 0.2) is 16.5 Å². The van der Waals surface area contributed by atoms with Gasteiger partial charge in [-0.15, -0.1) is 0 Å². The van der Waals surface area contributed by atoms with Crippen molar-refractivity contribution in [1.82, 2.24) is 5.32 Å². The molecule has 1 aromatic heterocycles. The van der Waals surface area contributed by atoms with Crippen LogP contribution < -0.4 is 5.32 Å². The zero-order valence-electron chi connectivity index (χ0n) is 9.36. The molecule has 0 aromatic carbocycles. The van der Waals surface area contributed by atoms with Crippen molar-refractivity contribution in [3.8, 4) is 0 Å². The molecule has 0 radical (unpaired) electrons. The molecule has 0 unspecified atom stereocenters. The van der Waals surface area contributed by atoms with Gasteiger partial charge in [0.1, 0.15) is 5.76 Å². The Morgan fingerprint density at radius 1 is 1.56 bits per heavy atom. The first-order valence-electron chi connectivity index (χ1n) is 5.34. The van der Waals surface area contributed by atoms with Crippen molar-refractivity contribution in [1.29, 1.82) is 0 Å². The lowest BCUT2D eigenvalue weighted by Gasteiger charge is -2.02. The molecule has 0 saturated heterocycles. The van der Waals surface area contributed by atoms with Crippen LogP contribution in [0.25, 0.3) is 0 Å². The van der Waals surface area contributed by atoms with Crippen molar-refractivity contribution >= 4 is 5.97 Å². The summed E-state index contributed by atoms with van der Waals surface area (Å²) in [5, 5.41) is 11.8. The minimum atomic E-state index is -1.04. The molecule has 0 fully saturated rings. The fraction of sp³-hybridized carbons (Fsp3) is 0.545. The van der Waals surface area contributed by atoms with Crippen molar-refractivity contribution in [3.63, 3.8) is 0 Å². The fourth-order valence-corrected chi connectivity index (χ4v) is 1.24. The SMILES string of the molecule is CCOCCCNCc1ccc(C(=O)O)o1. The van der Waals surface area contributed by atoms with Crippen LogP contribution in [0.5, 0.6) is 0 Å². The van der Waals surface area contributed by atoms with Crippen LogP contribution in [-0.2, 0) is 11.3 Å². The number of carboxylic acids is 1. The largest absolute Gasteiger partial charge is 0.475 e. The molecule has 0 atom stereocenters. The average Bonchev–Trinajstić information content (AvgIpc) is 2.72. The van der Waals surface area contributed by atoms with Crippen LogP contribution in [0.3, 0.4) is 0 Å². The van der Waals surface area contributed by atoms with E-state index in [0.717, 1.165) is 26.2 Å². The number of hydrogen-bond donors (Lipinski definition) is 2. The number of furan rings is 1. The molecule has 1 rings (SSSR count). The maximum Gasteiger partial charge on any atom is 0.371 e. The molecule has 1 heterocycles. The Labute approximate surface area is 94.4 Å². The monoisotopic (exact) mass is 227 g/mol. The summed E-state index contributed by atoms with van der Waals surface area (Å²) >= 11 is 0. The molecule has 5 nitrogen and oxygen atoms in total. The average molecular weight is 227 g/mol. The lowest BCUT2D eigenvalue weighted by molar-refractivity contribution is 0.0660. The fourth-order valence-electron chi connectivity index (χ4n) is 1.24. The van der Waals surface area contributed by atoms with Crippen molar-refractivity contribution in [2.24, 2.45) is 0 Å². The van der Waals surface area contributed by atoms with Crippen molar-refractivity contribution in [2.75, 3.05) is 19.8 Å². The number of ether oxygens (including phenoxy) is 1. The van der Waals surface area contributed by atoms with Crippen LogP contribution in [0.1, 0.15) is 29.7 Å². The summed E-state index contributed by atoms with van der Waals surface area (Å²) in [4.78, 5) is 10.5. The molecule has 0 bridgehead atoms. The number of hydrogen-bond acceptors (Lipinski definition) is 4. The van der Waals surface area contributed by atoms with Gasteiger partial charge >= 0.3 is 5.97 Å². The number of aromatic carboxylic acids is 1. The number of carbonyl (C=O) groups is 1. The predicted octanol–water partition coefficient (Wildman–Crippen LogP) is 1.49. The Hall–Kier alpha value is -1.33. The van der Waals surface area contributed by atoms with Crippen LogP contribution in [0, 0.1) is 0 Å². The van der Waals surface area contributed by atoms with Gasteiger partial charge in [-0.25, -0.2) is 4.79 Å². The van der Waals surface area contributed by atoms with E-state index in [2.05, 4.69) is 5.32 Å². The second-order valence-electron chi connectivity index (χ2n) is 3.30. The molecule has 2 N–H and O–H groups in total. The van der Waals surface area contributed by atoms with Crippen molar-refractivity contribution in [2.45, 2.75) is 19.9 Å². The van der Waals surface area contributed by atoms with E-state index in [-0.39, 0.29) is 5.76 Å². The Balaban J connectivity index is 2.14. The third-order valence-electron chi connectivity index (χ3n) is 2.02. The zero-order chi connectivity index (χ0) is 11.8. The Bertz CT molecular complexity index is 322. The van der Waals surface area contributed by atoms with Gasteiger partial charge in [0, 0.05) is 13.2 Å². The van der Waals surface area contributed by atoms with Gasteiger partial charge in [-0.2, -0.15) is 0 Å². The van der Waals surface area contributed by atoms with Gasteiger partial charge in [0.05, 0.1) is 6.54 Å². The van der Waals surface area contributed by atoms with Gasteiger partial charge in [-0.1, -0.05) is 0 Å². The van der Waals surface area contributed by atoms with Crippen LogP contribution in [0.4, 0.5) is 0 Å². The molecule has 0 aliphatic heterocycles. The van der Waals surface area contributed by atoms with Gasteiger partial charge in [-0.3, -0.25) is 0 Å². The summed E-state index contributed by atoms with van der Waals surface area (Å²) in [5.74, 6) is -0.428. The highest BCUT2D eigenvalue weighted by Gasteiger charge is 2.07. The molecule has 0 aliphatic rings. The summed E-state index contributed by atoms with van der Waals surface area (Å²) in [6, 6.07) is 3.12. The third-order valence-corrected chi connectivity index (χ3v) is 2.02. The topological polar surface area (TPSA) is 71.7 Å². The molecular weight excluding hydrogens is 210 g/mol. The van der Waals surface area contributed by atoms with E-state index in [9.17, 15) is 4.79 Å². The normalized spacial score (nSPS) is 10.6. The summed E-state index contributed by atoms with van der Waals surface area (Å²) in [6.45, 7) is 4.80. The van der Waals surface area contributed by atoms with Crippen LogP contribution in [0.2, 0.25) is 0 Å². The molecule has 0 saturated carbocycles. The summed E-state index contributed by atoms with van der Waals surface area (Å²) in [5.41, 5.74) is 0. The van der Waals surface area contributed by atoms with Gasteiger partial charge in [-0.05, 0) is 32.0 Å². The Kier molecular flexibility index (Phi) is 5.60. The maximum absolute atomic E-state index is 10.5. The van der Waals surface area contributed by atoms with E-state index in [1.807, 2.05) is 6.92 Å². The van der Waals surface area contributed by atoms with E-state index >= 15 is 0 Å². The second kappa shape index (κ2) is 7.03. The highest BCUT2D eigenvalue weighted by molar-refractivity contribution is 5.84. The molecule has 16 heavy (non-hydrogen) atoms. The predicted molar refractivity (Wildman–Crippen MR) is 58.5 cm³/mol. The van der Waals surface area contributed by atoms with E-state index in [1.165, 1.54) is 6.07 Å². The lowest BCUT2D eigenvalue weighted by Crippen LogP contribution is -2.16. The first-order chi connectivity index (χ1) is 7.74. The standard InChI is InChI=1S/C11H17NO4/c1-2-15-7-3-6-12-8-9-4-5-10(16-9)11(13)14/h4-5,12H,2-3,6-8H2,1H3,(H,13,14). The van der Waals surface area contributed by atoms with E-state index < -0.39 is 5.97 Å². The molecule has 5 heteroatoms. The molecule has 0 aliphatic carbocycles. The molecular formula is C11H17NO4. The minimum Gasteiger partial charge on any atom is -0.475 e. The number of nitrogens with one attached hydrogen (secondary N) is 1. The van der Waals surface area contributed by atoms with Crippen LogP contribution >= 0.6 is 0 Å². The van der Waals surface area contributed by atoms with Gasteiger partial charge in [0.25, 0.3) is 0 Å². The first-order valence-corrected chi connectivity index (χ1v) is 5.34. The zero-order valence-corrected chi connectivity index (χ0v) is 9.36. The summed E-state index contributed by atoms with van der Waals surface area (Å²) in [6.07, 6.45) is 0.931. The third kappa shape index (κ3) is 4.46. The van der Waals surface area contributed by atoms with Crippen molar-refractivity contribution in [3.05, 3.63) is 23.7 Å². The van der Waals surface area contributed by atoms with Crippen molar-refractivity contribution < 1.29 is 19.1 Å². The summed E-state index contributed by atoms with van der Waals surface area (Å²) in [7, 11) is 0. The Morgan fingerprint density at radius 3 is 3.00 bits per heavy atom. The molecule has 1 aromatic rings. The maximum atomic E-state index is 10.5. The van der Waals surface area contributed by atoms with E-state index in [4.69, 9.17) is 14.3 Å². The first kappa shape index (κ1) is 12.7. The number of rotatable bonds is 8. The number of carboxylic acid groups (broad SMARTS) is 1. The second-order valence-corrected chi connectivity index (χ2v) is 3.30.